The summed E-state index contributed by atoms with van der Waals surface area (Å²) >= 11 is 1.33. The number of aromatic nitrogens is 2. The average molecular weight is 476 g/mol. The molecular weight excluding hydrogens is 456 g/mol. The lowest BCUT2D eigenvalue weighted by Crippen LogP contribution is -2.31. The van der Waals surface area contributed by atoms with E-state index < -0.39 is 17.7 Å². The van der Waals surface area contributed by atoms with Crippen molar-refractivity contribution in [3.63, 3.8) is 0 Å². The van der Waals surface area contributed by atoms with Crippen LogP contribution in [0.5, 0.6) is 0 Å². The Bertz CT molecular complexity index is 1260. The van der Waals surface area contributed by atoms with Gasteiger partial charge in [-0.25, -0.2) is 9.97 Å². The van der Waals surface area contributed by atoms with Gasteiger partial charge in [-0.2, -0.15) is 17.6 Å². The van der Waals surface area contributed by atoms with Crippen LogP contribution in [0.15, 0.2) is 54.7 Å². The number of hydrogen-bond donors (Lipinski definition) is 3. The van der Waals surface area contributed by atoms with E-state index in [4.69, 9.17) is 5.73 Å². The number of anilines is 1. The van der Waals surface area contributed by atoms with Gasteiger partial charge in [-0.15, -0.1) is 0 Å². The van der Waals surface area contributed by atoms with Crippen LogP contribution in [0, 0.1) is 5.95 Å². The first kappa shape index (κ1) is 23.1. The number of aliphatic hydroxyl groups excluding tert-OH is 1. The number of halogens is 4. The average Bonchev–Trinajstić information content (AvgIpc) is 3.20. The lowest BCUT2D eigenvalue weighted by atomic mass is 10.0. The van der Waals surface area contributed by atoms with Crippen LogP contribution in [-0.4, -0.2) is 27.7 Å². The normalized spacial score (nSPS) is 12.8. The number of nitrogens with one attached hydrogen (secondary N) is 1. The van der Waals surface area contributed by atoms with Gasteiger partial charge < -0.3 is 16.2 Å². The third kappa shape index (κ3) is 5.47. The summed E-state index contributed by atoms with van der Waals surface area (Å²) in [5.74, 6) is -0.573. The molecule has 2 heterocycles. The maximum atomic E-state index is 13.5. The Kier molecular flexibility index (Phi) is 6.59. The van der Waals surface area contributed by atoms with Gasteiger partial charge in [-0.3, -0.25) is 0 Å². The lowest BCUT2D eigenvalue weighted by molar-refractivity contribution is -0.137. The Morgan fingerprint density at radius 1 is 1.06 bits per heavy atom. The molecule has 0 fully saturated rings. The Morgan fingerprint density at radius 3 is 2.52 bits per heavy atom. The van der Waals surface area contributed by atoms with Crippen molar-refractivity contribution in [1.29, 1.82) is 0 Å². The molecule has 5 nitrogen and oxygen atoms in total. The minimum Gasteiger partial charge on any atom is -0.390 e. The van der Waals surface area contributed by atoms with Crippen LogP contribution in [0.2, 0.25) is 0 Å². The molecule has 0 spiro atoms. The molecule has 172 valence electrons. The number of fused-ring (bicyclic) bond motifs is 1. The molecule has 4 aromatic rings. The summed E-state index contributed by atoms with van der Waals surface area (Å²) in [6, 6.07) is 11.4. The smallest absolute Gasteiger partial charge is 0.390 e. The summed E-state index contributed by atoms with van der Waals surface area (Å²) in [7, 11) is 0. The van der Waals surface area contributed by atoms with Crippen LogP contribution < -0.4 is 11.1 Å². The van der Waals surface area contributed by atoms with Crippen molar-refractivity contribution in [2.75, 3.05) is 11.9 Å². The molecule has 0 aliphatic heterocycles. The second kappa shape index (κ2) is 9.42. The topological polar surface area (TPSA) is 84.1 Å². The van der Waals surface area contributed by atoms with E-state index in [9.17, 15) is 22.7 Å². The van der Waals surface area contributed by atoms with Crippen LogP contribution in [0.4, 0.5) is 22.7 Å². The van der Waals surface area contributed by atoms with Crippen molar-refractivity contribution in [1.82, 2.24) is 9.97 Å². The first-order valence-electron chi connectivity index (χ1n) is 10.0. The van der Waals surface area contributed by atoms with E-state index in [1.54, 1.807) is 0 Å². The van der Waals surface area contributed by atoms with Gasteiger partial charge in [0.05, 0.1) is 22.7 Å². The van der Waals surface area contributed by atoms with Gasteiger partial charge in [0.15, 0.2) is 5.13 Å². The third-order valence-electron chi connectivity index (χ3n) is 5.09. The molecule has 33 heavy (non-hydrogen) atoms. The fourth-order valence-corrected chi connectivity index (χ4v) is 4.42. The second-order valence-electron chi connectivity index (χ2n) is 7.56. The number of nitrogens with two attached hydrogens (primary N) is 1. The molecule has 0 aliphatic carbocycles. The van der Waals surface area contributed by atoms with Gasteiger partial charge in [0.2, 0.25) is 5.95 Å². The molecule has 10 heteroatoms. The van der Waals surface area contributed by atoms with E-state index in [-0.39, 0.29) is 12.6 Å². The molecule has 0 saturated heterocycles. The van der Waals surface area contributed by atoms with E-state index >= 15 is 0 Å². The highest BCUT2D eigenvalue weighted by Crippen LogP contribution is 2.35. The molecule has 1 atom stereocenters. The first-order valence-corrected chi connectivity index (χ1v) is 10.9. The Balaban J connectivity index is 1.44. The van der Waals surface area contributed by atoms with E-state index in [1.807, 2.05) is 18.2 Å². The standard InChI is InChI=1S/C23H20F4N4OS/c24-20-9-16-8-14(3-4-15(16)10-29-20)21-19(12-32)31-22(33-21)30-11-18(28)7-13-1-5-17(6-2-13)23(25,26)27/h1-6,8-10,18,32H,7,11-12,28H2,(H,30,31)/t18-/m0/s1. The number of benzene rings is 2. The molecular formula is C23H20F4N4OS. The summed E-state index contributed by atoms with van der Waals surface area (Å²) in [6.07, 6.45) is -2.52. The molecule has 2 aromatic heterocycles. The summed E-state index contributed by atoms with van der Waals surface area (Å²) in [4.78, 5) is 8.80. The maximum absolute atomic E-state index is 13.5. The van der Waals surface area contributed by atoms with Crippen LogP contribution in [0.25, 0.3) is 21.2 Å². The number of rotatable bonds is 7. The first-order chi connectivity index (χ1) is 15.7. The van der Waals surface area contributed by atoms with E-state index in [0.29, 0.717) is 34.7 Å². The zero-order valence-corrected chi connectivity index (χ0v) is 18.1. The highest BCUT2D eigenvalue weighted by molar-refractivity contribution is 7.19. The summed E-state index contributed by atoms with van der Waals surface area (Å²) in [5, 5.41) is 14.9. The zero-order chi connectivity index (χ0) is 23.6. The molecule has 0 aliphatic rings. The fraction of sp³-hybridized carbons (Fsp3) is 0.217. The number of alkyl halides is 3. The number of thiazole rings is 1. The molecule has 4 rings (SSSR count). The highest BCUT2D eigenvalue weighted by atomic mass is 32.1. The van der Waals surface area contributed by atoms with Crippen LogP contribution in [-0.2, 0) is 19.2 Å². The van der Waals surface area contributed by atoms with Gasteiger partial charge >= 0.3 is 6.18 Å². The van der Waals surface area contributed by atoms with Gasteiger partial charge in [0.1, 0.15) is 0 Å². The fourth-order valence-electron chi connectivity index (χ4n) is 3.44. The predicted molar refractivity (Wildman–Crippen MR) is 120 cm³/mol. The van der Waals surface area contributed by atoms with E-state index in [2.05, 4.69) is 15.3 Å². The second-order valence-corrected chi connectivity index (χ2v) is 8.56. The van der Waals surface area contributed by atoms with E-state index in [0.717, 1.165) is 28.0 Å². The Morgan fingerprint density at radius 2 is 1.82 bits per heavy atom. The van der Waals surface area contributed by atoms with Crippen LogP contribution >= 0.6 is 11.3 Å². The van der Waals surface area contributed by atoms with Crippen molar-refractivity contribution in [2.45, 2.75) is 25.2 Å². The van der Waals surface area contributed by atoms with Crippen LogP contribution in [0.3, 0.4) is 0 Å². The third-order valence-corrected chi connectivity index (χ3v) is 6.20. The molecule has 0 bridgehead atoms. The SMILES string of the molecule is N[C@H](CNc1nc(CO)c(-c2ccc3cnc(F)cc3c2)s1)Cc1ccc(C(F)(F)F)cc1. The van der Waals surface area contributed by atoms with Crippen molar-refractivity contribution in [2.24, 2.45) is 5.73 Å². The summed E-state index contributed by atoms with van der Waals surface area (Å²) in [6.45, 7) is 0.0707. The van der Waals surface area contributed by atoms with E-state index in [1.165, 1.54) is 35.7 Å². The molecule has 0 radical (unpaired) electrons. The van der Waals surface area contributed by atoms with Crippen molar-refractivity contribution < 1.29 is 22.7 Å². The number of nitrogens with zero attached hydrogens (tertiary/aromatic N) is 2. The lowest BCUT2D eigenvalue weighted by Gasteiger charge is -2.13. The minimum absolute atomic E-state index is 0.270. The van der Waals surface area contributed by atoms with Crippen molar-refractivity contribution >= 4 is 27.2 Å². The largest absolute Gasteiger partial charge is 0.416 e. The van der Waals surface area contributed by atoms with Gasteiger partial charge in [0.25, 0.3) is 0 Å². The van der Waals surface area contributed by atoms with Crippen molar-refractivity contribution in [3.05, 3.63) is 77.5 Å². The van der Waals surface area contributed by atoms with Gasteiger partial charge in [0, 0.05) is 30.2 Å². The molecule has 0 saturated carbocycles. The van der Waals surface area contributed by atoms with Crippen molar-refractivity contribution in [3.8, 4) is 10.4 Å². The molecule has 4 N–H and O–H groups in total. The molecule has 2 aromatic carbocycles. The highest BCUT2D eigenvalue weighted by Gasteiger charge is 2.30. The minimum atomic E-state index is -4.37. The number of hydrogen-bond acceptors (Lipinski definition) is 6. The molecule has 0 unspecified atom stereocenters. The Hall–Kier alpha value is -3.08. The maximum Gasteiger partial charge on any atom is 0.416 e. The predicted octanol–water partition coefficient (Wildman–Crippen LogP) is 4.99. The van der Waals surface area contributed by atoms with Crippen LogP contribution in [0.1, 0.15) is 16.8 Å². The monoisotopic (exact) mass is 476 g/mol. The molecule has 0 amide bonds. The van der Waals surface area contributed by atoms with Gasteiger partial charge in [-0.05, 0) is 41.1 Å². The number of pyridine rings is 1. The quantitative estimate of drug-likeness (QED) is 0.259. The zero-order valence-electron chi connectivity index (χ0n) is 17.2. The Labute approximate surface area is 190 Å². The summed E-state index contributed by atoms with van der Waals surface area (Å²) in [5.41, 5.74) is 7.41. The van der Waals surface area contributed by atoms with Gasteiger partial charge in [-0.1, -0.05) is 35.6 Å². The summed E-state index contributed by atoms with van der Waals surface area (Å²) < 4.78 is 51.6. The number of aliphatic hydroxyl groups is 1.